The average molecular weight is 402 g/mol. The summed E-state index contributed by atoms with van der Waals surface area (Å²) in [6.45, 7) is 7.32. The van der Waals surface area contributed by atoms with Crippen LogP contribution in [0.2, 0.25) is 0 Å². The minimum atomic E-state index is 0.0484. The van der Waals surface area contributed by atoms with Gasteiger partial charge in [0.2, 0.25) is 5.91 Å². The van der Waals surface area contributed by atoms with E-state index in [1.807, 2.05) is 31.2 Å². The molecule has 1 N–H and O–H groups in total. The lowest BCUT2D eigenvalue weighted by Crippen LogP contribution is -2.48. The van der Waals surface area contributed by atoms with Crippen molar-refractivity contribution in [1.82, 2.24) is 9.80 Å². The number of rotatable bonds is 5. The molecule has 0 saturated carbocycles. The second kappa shape index (κ2) is 8.61. The molecule has 2 aromatic rings. The predicted octanol–water partition coefficient (Wildman–Crippen LogP) is 3.51. The summed E-state index contributed by atoms with van der Waals surface area (Å²) >= 11 is 3.50. The molecular weight excluding hydrogens is 378 g/mol. The van der Waals surface area contributed by atoms with Gasteiger partial charge in [-0.3, -0.25) is 14.6 Å². The molecule has 0 radical (unpaired) electrons. The van der Waals surface area contributed by atoms with Gasteiger partial charge in [0.05, 0.1) is 6.54 Å². The SMILES string of the molecule is Cc1ccc(NC(=O)CN2CCN(Cc3ccccc3)CC2)cc1Br. The Bertz CT molecular complexity index is 712. The Labute approximate surface area is 158 Å². The van der Waals surface area contributed by atoms with E-state index in [-0.39, 0.29) is 5.91 Å². The molecule has 2 aromatic carbocycles. The lowest BCUT2D eigenvalue weighted by atomic mass is 10.2. The summed E-state index contributed by atoms with van der Waals surface area (Å²) in [7, 11) is 0. The number of halogens is 1. The first-order chi connectivity index (χ1) is 12.1. The standard InChI is InChI=1S/C20H24BrN3O/c1-16-7-8-18(13-19(16)21)22-20(25)15-24-11-9-23(10-12-24)14-17-5-3-2-4-6-17/h2-8,13H,9-12,14-15H2,1H3,(H,22,25). The van der Waals surface area contributed by atoms with Crippen molar-refractivity contribution in [2.24, 2.45) is 0 Å². The number of amides is 1. The molecule has 132 valence electrons. The number of carbonyl (C=O) groups excluding carboxylic acids is 1. The highest BCUT2D eigenvalue weighted by atomic mass is 79.9. The smallest absolute Gasteiger partial charge is 0.238 e. The lowest BCUT2D eigenvalue weighted by molar-refractivity contribution is -0.117. The zero-order valence-corrected chi connectivity index (χ0v) is 16.1. The maximum atomic E-state index is 12.3. The van der Waals surface area contributed by atoms with E-state index in [0.29, 0.717) is 6.54 Å². The van der Waals surface area contributed by atoms with Crippen LogP contribution in [-0.2, 0) is 11.3 Å². The van der Waals surface area contributed by atoms with Crippen LogP contribution in [0.4, 0.5) is 5.69 Å². The van der Waals surface area contributed by atoms with Crippen LogP contribution in [0, 0.1) is 6.92 Å². The Balaban J connectivity index is 1.43. The minimum absolute atomic E-state index is 0.0484. The number of hydrogen-bond acceptors (Lipinski definition) is 3. The van der Waals surface area contributed by atoms with Crippen molar-refractivity contribution in [3.8, 4) is 0 Å². The number of aryl methyl sites for hydroxylation is 1. The molecule has 0 unspecified atom stereocenters. The Hall–Kier alpha value is -1.69. The van der Waals surface area contributed by atoms with E-state index in [1.165, 1.54) is 5.56 Å². The normalized spacial score (nSPS) is 15.9. The van der Waals surface area contributed by atoms with E-state index in [4.69, 9.17) is 0 Å². The van der Waals surface area contributed by atoms with Crippen molar-refractivity contribution in [1.29, 1.82) is 0 Å². The summed E-state index contributed by atoms with van der Waals surface area (Å²) in [6, 6.07) is 16.4. The highest BCUT2D eigenvalue weighted by Crippen LogP contribution is 2.20. The second-order valence-corrected chi connectivity index (χ2v) is 7.40. The zero-order valence-electron chi connectivity index (χ0n) is 14.5. The molecule has 1 aliphatic heterocycles. The van der Waals surface area contributed by atoms with Crippen molar-refractivity contribution in [3.05, 3.63) is 64.1 Å². The van der Waals surface area contributed by atoms with Gasteiger partial charge in [-0.2, -0.15) is 0 Å². The van der Waals surface area contributed by atoms with Gasteiger partial charge in [-0.1, -0.05) is 52.3 Å². The Morgan fingerprint density at radius 3 is 2.40 bits per heavy atom. The maximum Gasteiger partial charge on any atom is 0.238 e. The third-order valence-corrected chi connectivity index (χ3v) is 5.39. The van der Waals surface area contributed by atoms with Gasteiger partial charge >= 0.3 is 0 Å². The van der Waals surface area contributed by atoms with E-state index in [9.17, 15) is 4.79 Å². The number of piperazine rings is 1. The fourth-order valence-electron chi connectivity index (χ4n) is 3.02. The predicted molar refractivity (Wildman–Crippen MR) is 106 cm³/mol. The van der Waals surface area contributed by atoms with E-state index >= 15 is 0 Å². The van der Waals surface area contributed by atoms with Gasteiger partial charge in [0.25, 0.3) is 0 Å². The molecule has 0 atom stereocenters. The van der Waals surface area contributed by atoms with Gasteiger partial charge in [-0.25, -0.2) is 0 Å². The fourth-order valence-corrected chi connectivity index (χ4v) is 3.40. The first-order valence-corrected chi connectivity index (χ1v) is 9.44. The van der Waals surface area contributed by atoms with Crippen LogP contribution in [0.25, 0.3) is 0 Å². The van der Waals surface area contributed by atoms with E-state index < -0.39 is 0 Å². The molecule has 25 heavy (non-hydrogen) atoms. The van der Waals surface area contributed by atoms with Gasteiger partial charge < -0.3 is 5.32 Å². The lowest BCUT2D eigenvalue weighted by Gasteiger charge is -2.34. The summed E-state index contributed by atoms with van der Waals surface area (Å²) in [6.07, 6.45) is 0. The Kier molecular flexibility index (Phi) is 6.24. The van der Waals surface area contributed by atoms with Gasteiger partial charge in [-0.05, 0) is 30.2 Å². The number of hydrogen-bond donors (Lipinski definition) is 1. The topological polar surface area (TPSA) is 35.6 Å². The molecule has 1 heterocycles. The number of carbonyl (C=O) groups is 1. The van der Waals surface area contributed by atoms with Gasteiger partial charge in [-0.15, -0.1) is 0 Å². The van der Waals surface area contributed by atoms with Crippen molar-refractivity contribution >= 4 is 27.5 Å². The van der Waals surface area contributed by atoms with Crippen LogP contribution in [0.1, 0.15) is 11.1 Å². The van der Waals surface area contributed by atoms with Crippen molar-refractivity contribution in [2.45, 2.75) is 13.5 Å². The first-order valence-electron chi connectivity index (χ1n) is 8.65. The average Bonchev–Trinajstić information content (AvgIpc) is 2.61. The Morgan fingerprint density at radius 1 is 1.04 bits per heavy atom. The molecule has 5 heteroatoms. The fraction of sp³-hybridized carbons (Fsp3) is 0.350. The van der Waals surface area contributed by atoms with Gasteiger partial charge in [0.15, 0.2) is 0 Å². The summed E-state index contributed by atoms with van der Waals surface area (Å²) in [5.41, 5.74) is 3.34. The molecule has 1 fully saturated rings. The highest BCUT2D eigenvalue weighted by molar-refractivity contribution is 9.10. The molecule has 3 rings (SSSR count). The molecule has 0 aliphatic carbocycles. The third kappa shape index (κ3) is 5.39. The van der Waals surface area contributed by atoms with Crippen LogP contribution in [0.5, 0.6) is 0 Å². The molecule has 4 nitrogen and oxygen atoms in total. The molecule has 1 aliphatic rings. The van der Waals surface area contributed by atoms with Crippen molar-refractivity contribution < 1.29 is 4.79 Å². The van der Waals surface area contributed by atoms with Crippen LogP contribution in [0.15, 0.2) is 53.0 Å². The van der Waals surface area contributed by atoms with E-state index in [1.54, 1.807) is 0 Å². The minimum Gasteiger partial charge on any atom is -0.325 e. The third-order valence-electron chi connectivity index (χ3n) is 4.54. The molecule has 1 amide bonds. The molecule has 0 aromatic heterocycles. The van der Waals surface area contributed by atoms with Gasteiger partial charge in [0.1, 0.15) is 0 Å². The molecule has 0 spiro atoms. The van der Waals surface area contributed by atoms with Crippen molar-refractivity contribution in [3.63, 3.8) is 0 Å². The van der Waals surface area contributed by atoms with Crippen LogP contribution in [0.3, 0.4) is 0 Å². The second-order valence-electron chi connectivity index (χ2n) is 6.55. The largest absolute Gasteiger partial charge is 0.325 e. The summed E-state index contributed by atoms with van der Waals surface area (Å²) < 4.78 is 1.01. The summed E-state index contributed by atoms with van der Waals surface area (Å²) in [5, 5.41) is 2.98. The number of nitrogens with one attached hydrogen (secondary N) is 1. The summed E-state index contributed by atoms with van der Waals surface area (Å²) in [5.74, 6) is 0.0484. The Morgan fingerprint density at radius 2 is 1.72 bits per heavy atom. The molecule has 1 saturated heterocycles. The molecule has 0 bridgehead atoms. The highest BCUT2D eigenvalue weighted by Gasteiger charge is 2.19. The summed E-state index contributed by atoms with van der Waals surface area (Å²) in [4.78, 5) is 16.9. The zero-order chi connectivity index (χ0) is 17.6. The quantitative estimate of drug-likeness (QED) is 0.832. The number of anilines is 1. The monoisotopic (exact) mass is 401 g/mol. The molecular formula is C20H24BrN3O. The van der Waals surface area contributed by atoms with E-state index in [0.717, 1.165) is 48.4 Å². The van der Waals surface area contributed by atoms with E-state index in [2.05, 4.69) is 55.3 Å². The number of benzene rings is 2. The van der Waals surface area contributed by atoms with Crippen LogP contribution < -0.4 is 5.32 Å². The van der Waals surface area contributed by atoms with Crippen LogP contribution >= 0.6 is 15.9 Å². The van der Waals surface area contributed by atoms with Crippen LogP contribution in [-0.4, -0.2) is 48.4 Å². The number of nitrogens with zero attached hydrogens (tertiary/aromatic N) is 2. The van der Waals surface area contributed by atoms with Gasteiger partial charge in [0, 0.05) is 42.9 Å². The maximum absolute atomic E-state index is 12.3. The van der Waals surface area contributed by atoms with Crippen molar-refractivity contribution in [2.75, 3.05) is 38.0 Å². The first kappa shape index (κ1) is 18.1.